The largest absolute Gasteiger partial charge is 0.324 e. The Labute approximate surface area is 160 Å². The third-order valence-electron chi connectivity index (χ3n) is 4.18. The molecule has 1 aromatic heterocycles. The first-order valence-electron chi connectivity index (χ1n) is 8.37. The van der Waals surface area contributed by atoms with Crippen molar-refractivity contribution >= 4 is 34.1 Å². The van der Waals surface area contributed by atoms with Crippen molar-refractivity contribution < 1.29 is 9.18 Å². The van der Waals surface area contributed by atoms with Crippen molar-refractivity contribution in [2.24, 2.45) is 0 Å². The topological polar surface area (TPSA) is 46.9 Å². The van der Waals surface area contributed by atoms with Gasteiger partial charge in [0.05, 0.1) is 5.52 Å². The van der Waals surface area contributed by atoms with Gasteiger partial charge in [-0.3, -0.25) is 9.48 Å². The fourth-order valence-electron chi connectivity index (χ4n) is 2.95. The van der Waals surface area contributed by atoms with Crippen LogP contribution in [-0.4, -0.2) is 15.7 Å². The van der Waals surface area contributed by atoms with Gasteiger partial charge >= 0.3 is 0 Å². The van der Waals surface area contributed by atoms with Gasteiger partial charge in [-0.25, -0.2) is 4.39 Å². The van der Waals surface area contributed by atoms with Crippen LogP contribution in [0.3, 0.4) is 0 Å². The average Bonchev–Trinajstić information content (AvgIpc) is 3.02. The second-order valence-corrected chi connectivity index (χ2v) is 6.53. The van der Waals surface area contributed by atoms with Gasteiger partial charge in [0.1, 0.15) is 18.1 Å². The smallest absolute Gasteiger partial charge is 0.246 e. The van der Waals surface area contributed by atoms with Crippen LogP contribution in [0.5, 0.6) is 0 Å². The molecule has 0 saturated heterocycles. The molecular weight excluding hydrogens is 365 g/mol. The number of carbonyl (C=O) groups is 1. The molecule has 0 atom stereocenters. The van der Waals surface area contributed by atoms with E-state index >= 15 is 0 Å². The Morgan fingerprint density at radius 3 is 2.52 bits per heavy atom. The zero-order valence-corrected chi connectivity index (χ0v) is 14.9. The Hall–Kier alpha value is -3.18. The molecule has 0 aliphatic rings. The van der Waals surface area contributed by atoms with Gasteiger partial charge < -0.3 is 5.32 Å². The number of nitrogens with zero attached hydrogens (tertiary/aromatic N) is 2. The van der Waals surface area contributed by atoms with Crippen LogP contribution >= 0.6 is 11.6 Å². The minimum absolute atomic E-state index is 0.0301. The van der Waals surface area contributed by atoms with Crippen LogP contribution in [0, 0.1) is 5.82 Å². The molecule has 0 radical (unpaired) electrons. The summed E-state index contributed by atoms with van der Waals surface area (Å²) in [5, 5.41) is 8.87. The molecule has 0 fully saturated rings. The van der Waals surface area contributed by atoms with Crippen molar-refractivity contribution in [3.8, 4) is 11.3 Å². The van der Waals surface area contributed by atoms with Gasteiger partial charge in [-0.05, 0) is 42.5 Å². The highest BCUT2D eigenvalue weighted by Gasteiger charge is 2.15. The fraction of sp³-hybridized carbons (Fsp3) is 0.0476. The Balaban J connectivity index is 1.67. The van der Waals surface area contributed by atoms with Gasteiger partial charge in [-0.15, -0.1) is 0 Å². The van der Waals surface area contributed by atoms with Crippen LogP contribution in [-0.2, 0) is 11.3 Å². The lowest BCUT2D eigenvalue weighted by Crippen LogP contribution is -2.19. The second-order valence-electron chi connectivity index (χ2n) is 6.09. The lowest BCUT2D eigenvalue weighted by molar-refractivity contribution is -0.116. The number of nitrogens with one attached hydrogen (secondary N) is 1. The molecule has 4 aromatic rings. The van der Waals surface area contributed by atoms with E-state index in [1.807, 2.05) is 42.5 Å². The molecule has 0 unspecified atom stereocenters. The van der Waals surface area contributed by atoms with E-state index < -0.39 is 0 Å². The summed E-state index contributed by atoms with van der Waals surface area (Å²) in [6.07, 6.45) is 0. The van der Waals surface area contributed by atoms with Crippen LogP contribution in [0.25, 0.3) is 22.2 Å². The van der Waals surface area contributed by atoms with E-state index in [0.717, 1.165) is 22.2 Å². The number of amides is 1. The van der Waals surface area contributed by atoms with E-state index in [0.29, 0.717) is 10.7 Å². The van der Waals surface area contributed by atoms with E-state index in [1.165, 1.54) is 24.3 Å². The van der Waals surface area contributed by atoms with Gasteiger partial charge in [0.25, 0.3) is 0 Å². The first kappa shape index (κ1) is 17.2. The molecule has 1 N–H and O–H groups in total. The van der Waals surface area contributed by atoms with E-state index in [2.05, 4.69) is 10.4 Å². The third-order valence-corrected chi connectivity index (χ3v) is 4.42. The number of anilines is 1. The standard InChI is InChI=1S/C21H15ClFN3O/c22-15-6-11-19-18(12-15)21(14-4-2-1-3-5-14)25-26(19)13-20(27)24-17-9-7-16(23)8-10-17/h1-12H,13H2,(H,24,27). The Morgan fingerprint density at radius 1 is 1.04 bits per heavy atom. The van der Waals surface area contributed by atoms with Crippen LogP contribution in [0.2, 0.25) is 5.02 Å². The lowest BCUT2D eigenvalue weighted by Gasteiger charge is -2.06. The Morgan fingerprint density at radius 2 is 1.78 bits per heavy atom. The summed E-state index contributed by atoms with van der Waals surface area (Å²) in [4.78, 5) is 12.4. The molecule has 134 valence electrons. The molecule has 0 aliphatic carbocycles. The van der Waals surface area contributed by atoms with Crippen molar-refractivity contribution in [2.75, 3.05) is 5.32 Å². The summed E-state index contributed by atoms with van der Waals surface area (Å²) in [6, 6.07) is 20.8. The SMILES string of the molecule is O=C(Cn1nc(-c2ccccc2)c2cc(Cl)ccc21)Nc1ccc(F)cc1. The number of hydrogen-bond acceptors (Lipinski definition) is 2. The van der Waals surface area contributed by atoms with E-state index in [9.17, 15) is 9.18 Å². The number of carbonyl (C=O) groups excluding carboxylic acids is 1. The summed E-state index contributed by atoms with van der Waals surface area (Å²) in [6.45, 7) is 0.0301. The molecule has 1 heterocycles. The summed E-state index contributed by atoms with van der Waals surface area (Å²) in [5.41, 5.74) is 3.06. The predicted octanol–water partition coefficient (Wildman–Crippen LogP) is 5.13. The Kier molecular flexibility index (Phi) is 4.60. The van der Waals surface area contributed by atoms with Gasteiger partial charge in [0.2, 0.25) is 5.91 Å². The maximum absolute atomic E-state index is 13.0. The summed E-state index contributed by atoms with van der Waals surface area (Å²) >= 11 is 6.17. The number of rotatable bonds is 4. The van der Waals surface area contributed by atoms with Crippen LogP contribution in [0.15, 0.2) is 72.8 Å². The Bertz CT molecular complexity index is 1110. The molecule has 1 amide bonds. The van der Waals surface area contributed by atoms with Crippen molar-refractivity contribution in [1.29, 1.82) is 0 Å². The van der Waals surface area contributed by atoms with Crippen molar-refractivity contribution in [1.82, 2.24) is 9.78 Å². The second kappa shape index (κ2) is 7.21. The number of hydrogen-bond donors (Lipinski definition) is 1. The maximum atomic E-state index is 13.0. The summed E-state index contributed by atoms with van der Waals surface area (Å²) in [7, 11) is 0. The molecule has 4 nitrogen and oxygen atoms in total. The molecule has 27 heavy (non-hydrogen) atoms. The monoisotopic (exact) mass is 379 g/mol. The predicted molar refractivity (Wildman–Crippen MR) is 105 cm³/mol. The van der Waals surface area contributed by atoms with Gasteiger partial charge in [-0.2, -0.15) is 5.10 Å². The molecule has 0 aliphatic heterocycles. The molecule has 4 rings (SSSR count). The summed E-state index contributed by atoms with van der Waals surface area (Å²) < 4.78 is 14.7. The maximum Gasteiger partial charge on any atom is 0.246 e. The first-order chi connectivity index (χ1) is 13.1. The van der Waals surface area contributed by atoms with Crippen LogP contribution in [0.4, 0.5) is 10.1 Å². The van der Waals surface area contributed by atoms with Crippen LogP contribution in [0.1, 0.15) is 0 Å². The van der Waals surface area contributed by atoms with Gasteiger partial charge in [0.15, 0.2) is 0 Å². The fourth-order valence-corrected chi connectivity index (χ4v) is 3.12. The average molecular weight is 380 g/mol. The summed E-state index contributed by atoms with van der Waals surface area (Å²) in [5.74, 6) is -0.601. The van der Waals surface area contributed by atoms with Crippen molar-refractivity contribution in [2.45, 2.75) is 6.54 Å². The molecule has 6 heteroatoms. The number of benzene rings is 3. The molecule has 0 bridgehead atoms. The molecular formula is C21H15ClFN3O. The highest BCUT2D eigenvalue weighted by atomic mass is 35.5. The number of aromatic nitrogens is 2. The highest BCUT2D eigenvalue weighted by molar-refractivity contribution is 6.31. The first-order valence-corrected chi connectivity index (χ1v) is 8.75. The van der Waals surface area contributed by atoms with E-state index in [4.69, 9.17) is 11.6 Å². The minimum atomic E-state index is -0.351. The highest BCUT2D eigenvalue weighted by Crippen LogP contribution is 2.30. The number of halogens is 2. The quantitative estimate of drug-likeness (QED) is 0.534. The molecule has 0 saturated carbocycles. The van der Waals surface area contributed by atoms with Gasteiger partial charge in [-0.1, -0.05) is 41.9 Å². The zero-order valence-electron chi connectivity index (χ0n) is 14.2. The minimum Gasteiger partial charge on any atom is -0.324 e. The lowest BCUT2D eigenvalue weighted by atomic mass is 10.1. The third kappa shape index (κ3) is 3.68. The van der Waals surface area contributed by atoms with Gasteiger partial charge in [0, 0.05) is 21.7 Å². The van der Waals surface area contributed by atoms with E-state index in [1.54, 1.807) is 10.7 Å². The van der Waals surface area contributed by atoms with Crippen LogP contribution < -0.4 is 5.32 Å². The van der Waals surface area contributed by atoms with E-state index in [-0.39, 0.29) is 18.3 Å². The normalized spacial score (nSPS) is 10.9. The molecule has 0 spiro atoms. The van der Waals surface area contributed by atoms with Crippen molar-refractivity contribution in [3.63, 3.8) is 0 Å². The molecule has 3 aromatic carbocycles. The zero-order chi connectivity index (χ0) is 18.8. The van der Waals surface area contributed by atoms with Crippen molar-refractivity contribution in [3.05, 3.63) is 83.6 Å². The number of fused-ring (bicyclic) bond motifs is 1.